The van der Waals surface area contributed by atoms with Gasteiger partial charge in [0.2, 0.25) is 0 Å². The standard InChI is InChI=1S/C9H7ClF2O2/c1-14-9(13)6-2-5(8(11)12)3-7(10)4-6/h2-4,8H,1H3. The van der Waals surface area contributed by atoms with Gasteiger partial charge in [0.15, 0.2) is 0 Å². The predicted octanol–water partition coefficient (Wildman–Crippen LogP) is 3.06. The highest BCUT2D eigenvalue weighted by Gasteiger charge is 2.13. The number of carbonyl (C=O) groups excluding carboxylic acids is 1. The number of rotatable bonds is 2. The molecule has 0 fully saturated rings. The summed E-state index contributed by atoms with van der Waals surface area (Å²) in [5.74, 6) is -0.686. The monoisotopic (exact) mass is 220 g/mol. The third kappa shape index (κ3) is 2.42. The van der Waals surface area contributed by atoms with Crippen molar-refractivity contribution < 1.29 is 18.3 Å². The van der Waals surface area contributed by atoms with E-state index in [1.54, 1.807) is 0 Å². The molecular weight excluding hydrogens is 214 g/mol. The van der Waals surface area contributed by atoms with Crippen LogP contribution >= 0.6 is 11.6 Å². The number of hydrogen-bond donors (Lipinski definition) is 0. The third-order valence-corrected chi connectivity index (χ3v) is 1.81. The van der Waals surface area contributed by atoms with Crippen molar-refractivity contribution >= 4 is 17.6 Å². The van der Waals surface area contributed by atoms with Gasteiger partial charge in [-0.1, -0.05) is 11.6 Å². The molecular formula is C9H7ClF2O2. The summed E-state index contributed by atoms with van der Waals surface area (Å²) in [5, 5.41) is 0.0863. The molecule has 0 atom stereocenters. The third-order valence-electron chi connectivity index (χ3n) is 1.59. The van der Waals surface area contributed by atoms with Crippen LogP contribution in [-0.4, -0.2) is 13.1 Å². The van der Waals surface area contributed by atoms with E-state index in [1.165, 1.54) is 13.2 Å². The Morgan fingerprint density at radius 2 is 2.07 bits per heavy atom. The summed E-state index contributed by atoms with van der Waals surface area (Å²) in [6.45, 7) is 0. The Kier molecular flexibility index (Phi) is 3.41. The molecule has 0 saturated heterocycles. The van der Waals surface area contributed by atoms with Gasteiger partial charge in [-0.2, -0.15) is 0 Å². The molecule has 0 aliphatic heterocycles. The minimum absolute atomic E-state index is 0.0234. The molecule has 0 aliphatic rings. The van der Waals surface area contributed by atoms with Gasteiger partial charge in [-0.25, -0.2) is 13.6 Å². The summed E-state index contributed by atoms with van der Waals surface area (Å²) in [7, 11) is 1.17. The maximum atomic E-state index is 12.3. The van der Waals surface area contributed by atoms with Gasteiger partial charge in [-0.15, -0.1) is 0 Å². The van der Waals surface area contributed by atoms with Crippen LogP contribution in [0.3, 0.4) is 0 Å². The van der Waals surface area contributed by atoms with E-state index in [2.05, 4.69) is 4.74 Å². The molecule has 1 aromatic carbocycles. The number of ether oxygens (including phenoxy) is 1. The number of benzene rings is 1. The number of halogens is 3. The number of methoxy groups -OCH3 is 1. The predicted molar refractivity (Wildman–Crippen MR) is 47.7 cm³/mol. The second kappa shape index (κ2) is 4.37. The quantitative estimate of drug-likeness (QED) is 0.716. The Hall–Kier alpha value is -1.16. The smallest absolute Gasteiger partial charge is 0.337 e. The van der Waals surface area contributed by atoms with Crippen molar-refractivity contribution in [2.75, 3.05) is 7.11 Å². The van der Waals surface area contributed by atoms with Gasteiger partial charge < -0.3 is 4.74 Å². The normalized spacial score (nSPS) is 10.4. The van der Waals surface area contributed by atoms with Crippen LogP contribution in [-0.2, 0) is 4.74 Å². The van der Waals surface area contributed by atoms with E-state index in [0.29, 0.717) is 0 Å². The first-order valence-corrected chi connectivity index (χ1v) is 4.09. The summed E-state index contributed by atoms with van der Waals surface area (Å²) in [4.78, 5) is 11.0. The zero-order valence-electron chi connectivity index (χ0n) is 7.26. The lowest BCUT2D eigenvalue weighted by Gasteiger charge is -2.04. The summed E-state index contributed by atoms with van der Waals surface area (Å²) < 4.78 is 29.0. The van der Waals surface area contributed by atoms with E-state index in [4.69, 9.17) is 11.6 Å². The Bertz CT molecular complexity index is 353. The molecule has 1 rings (SSSR count). The molecule has 0 N–H and O–H groups in total. The highest BCUT2D eigenvalue weighted by atomic mass is 35.5. The lowest BCUT2D eigenvalue weighted by Crippen LogP contribution is -2.02. The van der Waals surface area contributed by atoms with E-state index in [0.717, 1.165) is 12.1 Å². The van der Waals surface area contributed by atoms with Gasteiger partial charge in [0, 0.05) is 10.6 Å². The highest BCUT2D eigenvalue weighted by molar-refractivity contribution is 6.31. The molecule has 0 spiro atoms. The first-order valence-electron chi connectivity index (χ1n) is 3.71. The molecule has 0 radical (unpaired) electrons. The summed E-state index contributed by atoms with van der Waals surface area (Å²) in [6.07, 6.45) is -2.66. The molecule has 0 saturated carbocycles. The summed E-state index contributed by atoms with van der Waals surface area (Å²) >= 11 is 5.55. The highest BCUT2D eigenvalue weighted by Crippen LogP contribution is 2.24. The van der Waals surface area contributed by atoms with Crippen LogP contribution in [0.4, 0.5) is 8.78 Å². The van der Waals surface area contributed by atoms with Crippen molar-refractivity contribution in [3.63, 3.8) is 0 Å². The maximum Gasteiger partial charge on any atom is 0.337 e. The fourth-order valence-corrected chi connectivity index (χ4v) is 1.22. The lowest BCUT2D eigenvalue weighted by atomic mass is 10.1. The van der Waals surface area contributed by atoms with Crippen molar-refractivity contribution in [2.45, 2.75) is 6.43 Å². The van der Waals surface area contributed by atoms with E-state index in [-0.39, 0.29) is 16.1 Å². The van der Waals surface area contributed by atoms with Crippen LogP contribution in [0.5, 0.6) is 0 Å². The molecule has 76 valence electrons. The van der Waals surface area contributed by atoms with Crippen molar-refractivity contribution in [3.05, 3.63) is 34.3 Å². The Morgan fingerprint density at radius 1 is 1.43 bits per heavy atom. The number of esters is 1. The van der Waals surface area contributed by atoms with Crippen LogP contribution in [0, 0.1) is 0 Å². The van der Waals surface area contributed by atoms with Crippen LogP contribution in [0.15, 0.2) is 18.2 Å². The molecule has 1 aromatic rings. The second-order valence-corrected chi connectivity index (χ2v) is 3.00. The van der Waals surface area contributed by atoms with Gasteiger partial charge in [-0.3, -0.25) is 0 Å². The minimum atomic E-state index is -2.66. The number of hydrogen-bond acceptors (Lipinski definition) is 2. The zero-order chi connectivity index (χ0) is 10.7. The topological polar surface area (TPSA) is 26.3 Å². The van der Waals surface area contributed by atoms with Crippen LogP contribution in [0.1, 0.15) is 22.3 Å². The average Bonchev–Trinajstić information content (AvgIpc) is 2.15. The van der Waals surface area contributed by atoms with Crippen molar-refractivity contribution in [3.8, 4) is 0 Å². The molecule has 0 aliphatic carbocycles. The minimum Gasteiger partial charge on any atom is -0.465 e. The molecule has 14 heavy (non-hydrogen) atoms. The van der Waals surface area contributed by atoms with E-state index in [9.17, 15) is 13.6 Å². The first-order chi connectivity index (χ1) is 6.54. The van der Waals surface area contributed by atoms with Crippen LogP contribution in [0.25, 0.3) is 0 Å². The second-order valence-electron chi connectivity index (χ2n) is 2.57. The van der Waals surface area contributed by atoms with E-state index >= 15 is 0 Å². The fourth-order valence-electron chi connectivity index (χ4n) is 0.974. The number of alkyl halides is 2. The Labute approximate surface area is 84.4 Å². The first kappa shape index (κ1) is 10.9. The van der Waals surface area contributed by atoms with Crippen molar-refractivity contribution in [2.24, 2.45) is 0 Å². The Balaban J connectivity index is 3.13. The van der Waals surface area contributed by atoms with Crippen LogP contribution in [0.2, 0.25) is 5.02 Å². The van der Waals surface area contributed by atoms with Crippen molar-refractivity contribution in [1.29, 1.82) is 0 Å². The van der Waals surface area contributed by atoms with Gasteiger partial charge in [0.25, 0.3) is 6.43 Å². The molecule has 0 aromatic heterocycles. The zero-order valence-corrected chi connectivity index (χ0v) is 8.02. The molecule has 0 bridgehead atoms. The lowest BCUT2D eigenvalue weighted by molar-refractivity contribution is 0.0600. The Morgan fingerprint density at radius 3 is 2.57 bits per heavy atom. The number of carbonyl (C=O) groups is 1. The summed E-state index contributed by atoms with van der Waals surface area (Å²) in [5.41, 5.74) is -0.270. The molecule has 2 nitrogen and oxygen atoms in total. The summed E-state index contributed by atoms with van der Waals surface area (Å²) in [6, 6.07) is 3.44. The average molecular weight is 221 g/mol. The van der Waals surface area contributed by atoms with E-state index in [1.807, 2.05) is 0 Å². The largest absolute Gasteiger partial charge is 0.465 e. The van der Waals surface area contributed by atoms with Gasteiger partial charge in [0.05, 0.1) is 12.7 Å². The molecule has 5 heteroatoms. The van der Waals surface area contributed by atoms with Crippen LogP contribution < -0.4 is 0 Å². The van der Waals surface area contributed by atoms with Gasteiger partial charge in [0.1, 0.15) is 0 Å². The van der Waals surface area contributed by atoms with Gasteiger partial charge >= 0.3 is 5.97 Å². The fraction of sp³-hybridized carbons (Fsp3) is 0.222. The molecule has 0 heterocycles. The molecule has 0 amide bonds. The molecule has 0 unspecified atom stereocenters. The SMILES string of the molecule is COC(=O)c1cc(Cl)cc(C(F)F)c1. The van der Waals surface area contributed by atoms with Gasteiger partial charge in [-0.05, 0) is 18.2 Å². The van der Waals surface area contributed by atoms with Crippen molar-refractivity contribution in [1.82, 2.24) is 0 Å². The maximum absolute atomic E-state index is 12.3. The van der Waals surface area contributed by atoms with E-state index < -0.39 is 12.4 Å².